The van der Waals surface area contributed by atoms with Crippen LogP contribution < -0.4 is 0 Å². The monoisotopic (exact) mass is 216 g/mol. The van der Waals surface area contributed by atoms with Gasteiger partial charge in [-0.25, -0.2) is 0 Å². The summed E-state index contributed by atoms with van der Waals surface area (Å²) in [5.41, 5.74) is 0. The fourth-order valence-electron chi connectivity index (χ4n) is 0. The molecular weight excluding hydrogens is 201 g/mol. The predicted octanol–water partition coefficient (Wildman–Crippen LogP) is 1.33. The van der Waals surface area contributed by atoms with Gasteiger partial charge in [-0.05, 0) is 6.92 Å². The molecular formula is C5H15IN+. The van der Waals surface area contributed by atoms with Gasteiger partial charge in [0.25, 0.3) is 0 Å². The van der Waals surface area contributed by atoms with Crippen molar-refractivity contribution in [1.29, 1.82) is 0 Å². The maximum Gasteiger partial charge on any atom is 0.0751 e. The van der Waals surface area contributed by atoms with Gasteiger partial charge in [0.15, 0.2) is 0 Å². The molecule has 1 nitrogen and oxygen atoms in total. The second-order valence-electron chi connectivity index (χ2n) is 2.61. The second kappa shape index (κ2) is 3.66. The van der Waals surface area contributed by atoms with Crippen LogP contribution in [0.4, 0.5) is 0 Å². The molecule has 0 aliphatic rings. The number of nitrogens with zero attached hydrogens (tertiary/aromatic N) is 1. The molecule has 0 aliphatic heterocycles. The Morgan fingerprint density at radius 3 is 1.29 bits per heavy atom. The molecule has 2 heteroatoms. The van der Waals surface area contributed by atoms with Gasteiger partial charge in [0, 0.05) is 0 Å². The van der Waals surface area contributed by atoms with Crippen molar-refractivity contribution in [3.8, 4) is 0 Å². The Labute approximate surface area is 63.3 Å². The lowest BCUT2D eigenvalue weighted by atomic mass is 10.6. The summed E-state index contributed by atoms with van der Waals surface area (Å²) in [6.45, 7) is 3.39. The van der Waals surface area contributed by atoms with E-state index in [1.165, 1.54) is 6.54 Å². The number of hydrogen-bond acceptors (Lipinski definition) is 0. The Balaban J connectivity index is 0. The van der Waals surface area contributed by atoms with Crippen LogP contribution in [0.25, 0.3) is 0 Å². The zero-order chi connectivity index (χ0) is 5.21. The third kappa shape index (κ3) is 10.8. The molecule has 0 saturated heterocycles. The van der Waals surface area contributed by atoms with Crippen LogP contribution in [-0.4, -0.2) is 32.2 Å². The molecule has 0 amide bonds. The van der Waals surface area contributed by atoms with Gasteiger partial charge in [-0.15, -0.1) is 24.0 Å². The molecule has 0 heterocycles. The molecule has 0 atom stereocenters. The van der Waals surface area contributed by atoms with Crippen molar-refractivity contribution < 1.29 is 4.48 Å². The zero-order valence-electron chi connectivity index (χ0n) is 5.56. The Morgan fingerprint density at radius 1 is 1.14 bits per heavy atom. The lowest BCUT2D eigenvalue weighted by Gasteiger charge is -2.20. The normalized spacial score (nSPS) is 10.3. The summed E-state index contributed by atoms with van der Waals surface area (Å²) in [5, 5.41) is 0. The van der Waals surface area contributed by atoms with E-state index in [2.05, 4.69) is 28.1 Å². The van der Waals surface area contributed by atoms with E-state index >= 15 is 0 Å². The third-order valence-electron chi connectivity index (χ3n) is 0.949. The van der Waals surface area contributed by atoms with Crippen molar-refractivity contribution in [3.63, 3.8) is 0 Å². The van der Waals surface area contributed by atoms with E-state index in [-0.39, 0.29) is 24.0 Å². The Morgan fingerprint density at radius 2 is 1.29 bits per heavy atom. The summed E-state index contributed by atoms with van der Waals surface area (Å²) < 4.78 is 1.07. The molecule has 0 bridgehead atoms. The highest BCUT2D eigenvalue weighted by Gasteiger charge is 1.97. The minimum atomic E-state index is 0. The highest BCUT2D eigenvalue weighted by atomic mass is 127. The molecule has 0 fully saturated rings. The molecule has 0 aromatic heterocycles. The summed E-state index contributed by atoms with van der Waals surface area (Å²) >= 11 is 0. The molecule has 0 saturated carbocycles. The maximum absolute atomic E-state index is 2.18. The van der Waals surface area contributed by atoms with E-state index in [0.29, 0.717) is 0 Å². The maximum atomic E-state index is 2.18. The molecule has 46 valence electrons. The molecule has 0 spiro atoms. The molecule has 7 heavy (non-hydrogen) atoms. The Kier molecular flexibility index (Phi) is 5.56. The van der Waals surface area contributed by atoms with Gasteiger partial charge >= 0.3 is 0 Å². The van der Waals surface area contributed by atoms with Crippen LogP contribution >= 0.6 is 24.0 Å². The first-order valence-electron chi connectivity index (χ1n) is 2.36. The van der Waals surface area contributed by atoms with Crippen LogP contribution in [-0.2, 0) is 0 Å². The molecule has 0 aliphatic carbocycles. The summed E-state index contributed by atoms with van der Waals surface area (Å²) in [5.74, 6) is 0. The second-order valence-corrected chi connectivity index (χ2v) is 2.61. The SMILES string of the molecule is CC[N+](C)(C)C.I. The lowest BCUT2D eigenvalue weighted by molar-refractivity contribution is -0.868. The van der Waals surface area contributed by atoms with Gasteiger partial charge in [0.05, 0.1) is 27.7 Å². The molecule has 0 aromatic rings. The highest BCUT2D eigenvalue weighted by molar-refractivity contribution is 14.0. The summed E-state index contributed by atoms with van der Waals surface area (Å²) in [4.78, 5) is 0. The van der Waals surface area contributed by atoms with Gasteiger partial charge in [0.1, 0.15) is 0 Å². The molecule has 0 N–H and O–H groups in total. The van der Waals surface area contributed by atoms with E-state index in [1.54, 1.807) is 0 Å². The number of quaternary nitrogens is 1. The van der Waals surface area contributed by atoms with Crippen LogP contribution in [0.1, 0.15) is 6.92 Å². The number of halogens is 1. The van der Waals surface area contributed by atoms with Crippen molar-refractivity contribution in [2.75, 3.05) is 27.7 Å². The van der Waals surface area contributed by atoms with Crippen LogP contribution in [0.5, 0.6) is 0 Å². The van der Waals surface area contributed by atoms with Crippen LogP contribution in [0.3, 0.4) is 0 Å². The Bertz CT molecular complexity index is 37.8. The number of rotatable bonds is 1. The minimum Gasteiger partial charge on any atom is -0.331 e. The number of hydrogen-bond donors (Lipinski definition) is 0. The van der Waals surface area contributed by atoms with Crippen molar-refractivity contribution in [2.45, 2.75) is 6.92 Å². The van der Waals surface area contributed by atoms with Gasteiger partial charge in [0.2, 0.25) is 0 Å². The smallest absolute Gasteiger partial charge is 0.0751 e. The molecule has 0 radical (unpaired) electrons. The fourth-order valence-corrected chi connectivity index (χ4v) is 0. The molecule has 0 aromatic carbocycles. The summed E-state index contributed by atoms with van der Waals surface area (Å²) in [6, 6.07) is 0. The first kappa shape index (κ1) is 10.6. The summed E-state index contributed by atoms with van der Waals surface area (Å²) in [6.07, 6.45) is 0. The Hall–Kier alpha value is 0.690. The van der Waals surface area contributed by atoms with Gasteiger partial charge < -0.3 is 4.48 Å². The van der Waals surface area contributed by atoms with E-state index in [9.17, 15) is 0 Å². The topological polar surface area (TPSA) is 0 Å². The summed E-state index contributed by atoms with van der Waals surface area (Å²) in [7, 11) is 6.54. The van der Waals surface area contributed by atoms with E-state index in [1.807, 2.05) is 0 Å². The van der Waals surface area contributed by atoms with Gasteiger partial charge in [-0.2, -0.15) is 0 Å². The predicted molar refractivity (Wildman–Crippen MR) is 44.0 cm³/mol. The van der Waals surface area contributed by atoms with Crippen LogP contribution in [0.2, 0.25) is 0 Å². The van der Waals surface area contributed by atoms with Gasteiger partial charge in [-0.1, -0.05) is 0 Å². The van der Waals surface area contributed by atoms with Crippen molar-refractivity contribution in [2.24, 2.45) is 0 Å². The third-order valence-corrected chi connectivity index (χ3v) is 0.949. The van der Waals surface area contributed by atoms with Crippen LogP contribution in [0.15, 0.2) is 0 Å². The van der Waals surface area contributed by atoms with Crippen molar-refractivity contribution in [3.05, 3.63) is 0 Å². The zero-order valence-corrected chi connectivity index (χ0v) is 7.89. The fraction of sp³-hybridized carbons (Fsp3) is 1.00. The standard InChI is InChI=1S/C5H14N.HI/c1-5-6(2,3)4;/h5H2,1-4H3;1H/q+1;. The lowest BCUT2D eigenvalue weighted by Crippen LogP contribution is -2.33. The minimum absolute atomic E-state index is 0. The van der Waals surface area contributed by atoms with E-state index < -0.39 is 0 Å². The van der Waals surface area contributed by atoms with Crippen molar-refractivity contribution in [1.82, 2.24) is 0 Å². The van der Waals surface area contributed by atoms with Gasteiger partial charge in [-0.3, -0.25) is 0 Å². The average molecular weight is 216 g/mol. The largest absolute Gasteiger partial charge is 0.331 e. The van der Waals surface area contributed by atoms with E-state index in [4.69, 9.17) is 0 Å². The average Bonchev–Trinajstić information content (AvgIpc) is 1.35. The first-order valence-corrected chi connectivity index (χ1v) is 2.36. The highest BCUT2D eigenvalue weighted by Crippen LogP contribution is 1.83. The van der Waals surface area contributed by atoms with Crippen molar-refractivity contribution >= 4 is 24.0 Å². The van der Waals surface area contributed by atoms with E-state index in [0.717, 1.165) is 4.48 Å². The molecule has 0 rings (SSSR count). The first-order chi connectivity index (χ1) is 2.56. The quantitative estimate of drug-likeness (QED) is 0.458. The van der Waals surface area contributed by atoms with Crippen LogP contribution in [0, 0.1) is 0 Å². The molecule has 0 unspecified atom stereocenters.